The minimum atomic E-state index is -0.213. The molecule has 0 spiro atoms. The minimum absolute atomic E-state index is 0.0380. The highest BCUT2D eigenvalue weighted by Gasteiger charge is 2.13. The lowest BCUT2D eigenvalue weighted by atomic mass is 10.0. The number of nitrogens with one attached hydrogen (secondary N) is 2. The number of aliphatic hydroxyl groups excluding tert-OH is 1. The van der Waals surface area contributed by atoms with E-state index in [0.717, 1.165) is 5.56 Å². The van der Waals surface area contributed by atoms with Gasteiger partial charge in [0.15, 0.2) is 0 Å². The fraction of sp³-hybridized carbons (Fsp3) is 0.278. The van der Waals surface area contributed by atoms with Gasteiger partial charge in [-0.25, -0.2) is 0 Å². The number of aliphatic hydroxyl groups is 1. The average molecular weight is 349 g/mol. The molecule has 0 aliphatic carbocycles. The van der Waals surface area contributed by atoms with Crippen molar-refractivity contribution in [3.05, 3.63) is 59.1 Å². The van der Waals surface area contributed by atoms with E-state index in [1.54, 1.807) is 18.2 Å². The lowest BCUT2D eigenvalue weighted by Gasteiger charge is -2.18. The van der Waals surface area contributed by atoms with E-state index in [0.29, 0.717) is 22.9 Å². The number of carbonyl (C=O) groups is 1. The van der Waals surface area contributed by atoms with Gasteiger partial charge in [-0.2, -0.15) is 0 Å². The van der Waals surface area contributed by atoms with Crippen LogP contribution < -0.4 is 15.4 Å². The van der Waals surface area contributed by atoms with Crippen LogP contribution in [0.1, 0.15) is 18.0 Å². The Kier molecular flexibility index (Phi) is 7.06. The van der Waals surface area contributed by atoms with Gasteiger partial charge in [0.2, 0.25) is 5.91 Å². The van der Waals surface area contributed by atoms with Crippen molar-refractivity contribution in [1.82, 2.24) is 5.32 Å². The van der Waals surface area contributed by atoms with Crippen LogP contribution in [0.25, 0.3) is 0 Å². The number of hydrogen-bond acceptors (Lipinski definition) is 4. The first kappa shape index (κ1) is 18.3. The number of amides is 1. The summed E-state index contributed by atoms with van der Waals surface area (Å²) in [5.74, 6) is 0.331. The van der Waals surface area contributed by atoms with Crippen molar-refractivity contribution >= 4 is 23.2 Å². The van der Waals surface area contributed by atoms with Crippen LogP contribution >= 0.6 is 11.6 Å². The second-order valence-corrected chi connectivity index (χ2v) is 5.69. The van der Waals surface area contributed by atoms with Crippen LogP contribution in [-0.4, -0.2) is 31.3 Å². The first-order valence-electron chi connectivity index (χ1n) is 7.66. The normalized spacial score (nSPS) is 11.8. The molecule has 0 aromatic heterocycles. The molecule has 0 heterocycles. The smallest absolute Gasteiger partial charge is 0.238 e. The zero-order chi connectivity index (χ0) is 17.4. The van der Waals surface area contributed by atoms with E-state index in [1.165, 1.54) is 7.11 Å². The van der Waals surface area contributed by atoms with E-state index in [4.69, 9.17) is 16.3 Å². The Hall–Kier alpha value is -2.08. The van der Waals surface area contributed by atoms with Crippen molar-refractivity contribution in [2.24, 2.45) is 0 Å². The third-order valence-corrected chi connectivity index (χ3v) is 3.80. The second-order valence-electron chi connectivity index (χ2n) is 5.25. The molecule has 1 amide bonds. The molecular weight excluding hydrogens is 328 g/mol. The fourth-order valence-electron chi connectivity index (χ4n) is 2.39. The Balaban J connectivity index is 1.98. The highest BCUT2D eigenvalue weighted by molar-refractivity contribution is 6.31. The summed E-state index contributed by atoms with van der Waals surface area (Å²) in [6.45, 7) is 0.144. The first-order chi connectivity index (χ1) is 11.6. The third kappa shape index (κ3) is 5.23. The predicted octanol–water partition coefficient (Wildman–Crippen LogP) is 3.00. The summed E-state index contributed by atoms with van der Waals surface area (Å²) in [5, 5.41) is 15.7. The number of hydrogen-bond donors (Lipinski definition) is 3. The zero-order valence-corrected chi connectivity index (χ0v) is 14.2. The molecule has 0 saturated heterocycles. The van der Waals surface area contributed by atoms with Gasteiger partial charge in [0.1, 0.15) is 5.75 Å². The van der Waals surface area contributed by atoms with E-state index < -0.39 is 0 Å². The maximum absolute atomic E-state index is 12.2. The standard InChI is InChI=1S/C18H21ClN2O3/c1-24-17-8-7-14(19)11-16(17)21-18(23)12-20-15(9-10-22)13-5-3-2-4-6-13/h2-8,11,15,20,22H,9-10,12H2,1H3,(H,21,23). The van der Waals surface area contributed by atoms with Gasteiger partial charge in [-0.05, 0) is 30.2 Å². The van der Waals surface area contributed by atoms with Gasteiger partial charge in [-0.3, -0.25) is 4.79 Å². The second kappa shape index (κ2) is 9.27. The topological polar surface area (TPSA) is 70.6 Å². The van der Waals surface area contributed by atoms with Gasteiger partial charge < -0.3 is 20.5 Å². The molecule has 2 aromatic rings. The van der Waals surface area contributed by atoms with Crippen LogP contribution in [0.15, 0.2) is 48.5 Å². The molecule has 0 bridgehead atoms. The number of ether oxygens (including phenoxy) is 1. The van der Waals surface area contributed by atoms with Crippen LogP contribution in [0.4, 0.5) is 5.69 Å². The predicted molar refractivity (Wildman–Crippen MR) is 95.5 cm³/mol. The van der Waals surface area contributed by atoms with Gasteiger partial charge >= 0.3 is 0 Å². The molecule has 1 unspecified atom stereocenters. The Morgan fingerprint density at radius 3 is 2.67 bits per heavy atom. The maximum atomic E-state index is 12.2. The largest absolute Gasteiger partial charge is 0.495 e. The van der Waals surface area contributed by atoms with Gasteiger partial charge in [-0.1, -0.05) is 41.9 Å². The number of methoxy groups -OCH3 is 1. The average Bonchev–Trinajstić information content (AvgIpc) is 2.59. The summed E-state index contributed by atoms with van der Waals surface area (Å²) in [6.07, 6.45) is 0.526. The molecule has 6 heteroatoms. The minimum Gasteiger partial charge on any atom is -0.495 e. The fourth-order valence-corrected chi connectivity index (χ4v) is 2.56. The molecule has 3 N–H and O–H groups in total. The first-order valence-corrected chi connectivity index (χ1v) is 8.04. The molecule has 0 radical (unpaired) electrons. The molecule has 0 fully saturated rings. The van der Waals surface area contributed by atoms with Crippen LogP contribution in [-0.2, 0) is 4.79 Å². The molecule has 128 valence electrons. The molecule has 1 atom stereocenters. The highest BCUT2D eigenvalue weighted by Crippen LogP contribution is 2.27. The number of anilines is 1. The van der Waals surface area contributed by atoms with Crippen molar-refractivity contribution in [3.8, 4) is 5.75 Å². The Bertz CT molecular complexity index is 665. The van der Waals surface area contributed by atoms with E-state index in [9.17, 15) is 9.90 Å². The summed E-state index contributed by atoms with van der Waals surface area (Å²) >= 11 is 5.96. The Labute approximate surface area is 146 Å². The molecule has 2 aromatic carbocycles. The van der Waals surface area contributed by atoms with Gasteiger partial charge in [-0.15, -0.1) is 0 Å². The maximum Gasteiger partial charge on any atom is 0.238 e. The van der Waals surface area contributed by atoms with E-state index in [1.807, 2.05) is 30.3 Å². The number of benzene rings is 2. The third-order valence-electron chi connectivity index (χ3n) is 3.56. The highest BCUT2D eigenvalue weighted by atomic mass is 35.5. The van der Waals surface area contributed by atoms with Crippen LogP contribution in [0.3, 0.4) is 0 Å². The van der Waals surface area contributed by atoms with Crippen molar-refractivity contribution in [2.45, 2.75) is 12.5 Å². The number of halogens is 1. The molecule has 0 aliphatic heterocycles. The van der Waals surface area contributed by atoms with Crippen LogP contribution in [0.5, 0.6) is 5.75 Å². The van der Waals surface area contributed by atoms with Crippen LogP contribution in [0, 0.1) is 0 Å². The lowest BCUT2D eigenvalue weighted by Crippen LogP contribution is -2.31. The number of rotatable bonds is 8. The Morgan fingerprint density at radius 1 is 1.25 bits per heavy atom. The lowest BCUT2D eigenvalue weighted by molar-refractivity contribution is -0.115. The summed E-state index contributed by atoms with van der Waals surface area (Å²) in [7, 11) is 1.53. The van der Waals surface area contributed by atoms with E-state index in [-0.39, 0.29) is 25.1 Å². The monoisotopic (exact) mass is 348 g/mol. The van der Waals surface area contributed by atoms with Crippen molar-refractivity contribution in [2.75, 3.05) is 25.6 Å². The molecule has 0 saturated carbocycles. The quantitative estimate of drug-likeness (QED) is 0.686. The molecule has 2 rings (SSSR count). The van der Waals surface area contributed by atoms with E-state index >= 15 is 0 Å². The van der Waals surface area contributed by atoms with E-state index in [2.05, 4.69) is 10.6 Å². The zero-order valence-electron chi connectivity index (χ0n) is 13.5. The summed E-state index contributed by atoms with van der Waals surface area (Å²) < 4.78 is 5.21. The molecular formula is C18H21ClN2O3. The van der Waals surface area contributed by atoms with Crippen molar-refractivity contribution in [1.29, 1.82) is 0 Å². The van der Waals surface area contributed by atoms with Crippen molar-refractivity contribution < 1.29 is 14.6 Å². The SMILES string of the molecule is COc1ccc(Cl)cc1NC(=O)CNC(CCO)c1ccccc1. The van der Waals surface area contributed by atoms with Crippen molar-refractivity contribution in [3.63, 3.8) is 0 Å². The van der Waals surface area contributed by atoms with Crippen LogP contribution in [0.2, 0.25) is 5.02 Å². The summed E-state index contributed by atoms with van der Waals surface area (Å²) in [6, 6.07) is 14.7. The van der Waals surface area contributed by atoms with Gasteiger partial charge in [0.25, 0.3) is 0 Å². The summed E-state index contributed by atoms with van der Waals surface area (Å²) in [4.78, 5) is 12.2. The summed E-state index contributed by atoms with van der Waals surface area (Å²) in [5.41, 5.74) is 1.55. The molecule has 5 nitrogen and oxygen atoms in total. The molecule has 24 heavy (non-hydrogen) atoms. The molecule has 0 aliphatic rings. The van der Waals surface area contributed by atoms with Gasteiger partial charge in [0, 0.05) is 17.7 Å². The number of carbonyl (C=O) groups excluding carboxylic acids is 1. The van der Waals surface area contributed by atoms with Gasteiger partial charge in [0.05, 0.1) is 19.3 Å². The Morgan fingerprint density at radius 2 is 2.00 bits per heavy atom.